The summed E-state index contributed by atoms with van der Waals surface area (Å²) >= 11 is 0. The highest BCUT2D eigenvalue weighted by Gasteiger charge is 2.46. The van der Waals surface area contributed by atoms with Crippen LogP contribution in [0.15, 0.2) is 23.3 Å². The minimum Gasteiger partial charge on any atom is -0.453 e. The van der Waals surface area contributed by atoms with Crippen molar-refractivity contribution in [1.82, 2.24) is 0 Å². The van der Waals surface area contributed by atoms with E-state index in [9.17, 15) is 24.6 Å². The molecule has 21 heavy (non-hydrogen) atoms. The summed E-state index contributed by atoms with van der Waals surface area (Å²) in [5, 5.41) is 19.5. The van der Waals surface area contributed by atoms with Crippen LogP contribution in [0.25, 0.3) is 0 Å². The van der Waals surface area contributed by atoms with Crippen LogP contribution in [0.4, 0.5) is 0 Å². The fraction of sp³-hybridized carbons (Fsp3) is 0.533. The van der Waals surface area contributed by atoms with Crippen LogP contribution in [-0.4, -0.2) is 46.1 Å². The predicted molar refractivity (Wildman–Crippen MR) is 72.1 cm³/mol. The molecule has 0 aromatic heterocycles. The zero-order valence-electron chi connectivity index (χ0n) is 12.0. The van der Waals surface area contributed by atoms with E-state index in [-0.39, 0.29) is 29.8 Å². The third-order valence-electron chi connectivity index (χ3n) is 4.14. The van der Waals surface area contributed by atoms with E-state index in [0.717, 1.165) is 0 Å². The maximum atomic E-state index is 12.0. The lowest BCUT2D eigenvalue weighted by atomic mass is 9.85. The fourth-order valence-electron chi connectivity index (χ4n) is 2.76. The Balaban J connectivity index is 2.33. The normalized spacial score (nSPS) is 30.9. The number of hydrogen-bond acceptors (Lipinski definition) is 6. The largest absolute Gasteiger partial charge is 0.453 e. The van der Waals surface area contributed by atoms with Gasteiger partial charge in [0.15, 0.2) is 11.6 Å². The molecule has 2 N–H and O–H groups in total. The Hall–Kier alpha value is -1.79. The smallest absolute Gasteiger partial charge is 0.334 e. The number of aliphatic hydroxyl groups is 2. The van der Waals surface area contributed by atoms with Gasteiger partial charge in [-0.05, 0) is 25.8 Å². The summed E-state index contributed by atoms with van der Waals surface area (Å²) in [6, 6.07) is 0. The van der Waals surface area contributed by atoms with Crippen molar-refractivity contribution in [2.24, 2.45) is 5.92 Å². The van der Waals surface area contributed by atoms with Crippen LogP contribution >= 0.6 is 0 Å². The molecule has 0 unspecified atom stereocenters. The molecular weight excluding hydrogens is 276 g/mol. The molecule has 1 aliphatic carbocycles. The second kappa shape index (κ2) is 5.54. The zero-order chi connectivity index (χ0) is 15.9. The van der Waals surface area contributed by atoms with Crippen LogP contribution in [0.1, 0.15) is 26.7 Å². The molecule has 6 nitrogen and oxygen atoms in total. The Morgan fingerprint density at radius 2 is 2.10 bits per heavy atom. The van der Waals surface area contributed by atoms with Gasteiger partial charge < -0.3 is 14.9 Å². The van der Waals surface area contributed by atoms with Crippen LogP contribution in [-0.2, 0) is 19.1 Å². The van der Waals surface area contributed by atoms with Gasteiger partial charge in [0, 0.05) is 23.5 Å². The molecule has 2 aliphatic rings. The minimum atomic E-state index is -1.24. The summed E-state index contributed by atoms with van der Waals surface area (Å²) < 4.78 is 5.19. The molecule has 114 valence electrons. The van der Waals surface area contributed by atoms with E-state index < -0.39 is 36.0 Å². The molecule has 4 atom stereocenters. The number of cyclic esters (lactones) is 1. The van der Waals surface area contributed by atoms with Crippen LogP contribution in [0, 0.1) is 5.92 Å². The Morgan fingerprint density at radius 1 is 1.48 bits per heavy atom. The quantitative estimate of drug-likeness (QED) is 0.562. The second-order valence-corrected chi connectivity index (χ2v) is 5.56. The number of aliphatic hydroxyl groups excluding tert-OH is 2. The van der Waals surface area contributed by atoms with Crippen molar-refractivity contribution in [3.05, 3.63) is 23.3 Å². The van der Waals surface area contributed by atoms with Gasteiger partial charge in [0.2, 0.25) is 0 Å². The van der Waals surface area contributed by atoms with Crippen LogP contribution in [0.2, 0.25) is 0 Å². The Kier molecular flexibility index (Phi) is 4.11. The predicted octanol–water partition coefficient (Wildman–Crippen LogP) is 0.0744. The molecule has 0 spiro atoms. The number of ether oxygens (including phenoxy) is 1. The van der Waals surface area contributed by atoms with Crippen LogP contribution < -0.4 is 0 Å². The average Bonchev–Trinajstić information content (AvgIpc) is 2.80. The van der Waals surface area contributed by atoms with E-state index in [1.165, 1.54) is 6.92 Å². The minimum absolute atomic E-state index is 0.0370. The molecule has 0 saturated carbocycles. The Bertz CT molecular complexity index is 559. The van der Waals surface area contributed by atoms with Gasteiger partial charge in [-0.25, -0.2) is 4.79 Å². The van der Waals surface area contributed by atoms with Crippen molar-refractivity contribution >= 4 is 17.5 Å². The monoisotopic (exact) mass is 294 g/mol. The number of carbonyl (C=O) groups is 3. The van der Waals surface area contributed by atoms with E-state index in [1.54, 1.807) is 6.92 Å². The first-order valence-corrected chi connectivity index (χ1v) is 6.74. The lowest BCUT2D eigenvalue weighted by Crippen LogP contribution is -2.29. The van der Waals surface area contributed by atoms with Crippen molar-refractivity contribution in [1.29, 1.82) is 0 Å². The highest BCUT2D eigenvalue weighted by molar-refractivity contribution is 6.02. The molecule has 6 heteroatoms. The van der Waals surface area contributed by atoms with E-state index in [1.807, 2.05) is 0 Å². The molecular formula is C15H18O6. The molecule has 1 fully saturated rings. The molecule has 0 aromatic rings. The first-order valence-electron chi connectivity index (χ1n) is 6.74. The second-order valence-electron chi connectivity index (χ2n) is 5.56. The van der Waals surface area contributed by atoms with Gasteiger partial charge in [-0.1, -0.05) is 6.58 Å². The molecule has 1 aliphatic heterocycles. The van der Waals surface area contributed by atoms with Gasteiger partial charge in [0.25, 0.3) is 0 Å². The fourth-order valence-corrected chi connectivity index (χ4v) is 2.76. The van der Waals surface area contributed by atoms with E-state index in [0.29, 0.717) is 5.57 Å². The number of carbonyl (C=O) groups excluding carboxylic acids is 3. The number of hydrogen-bond donors (Lipinski definition) is 2. The Morgan fingerprint density at radius 3 is 2.57 bits per heavy atom. The van der Waals surface area contributed by atoms with Gasteiger partial charge in [-0.2, -0.15) is 0 Å². The van der Waals surface area contributed by atoms with Crippen molar-refractivity contribution < 1.29 is 29.3 Å². The van der Waals surface area contributed by atoms with E-state index >= 15 is 0 Å². The SMILES string of the molecule is C=C1C(=O)O[C@H](C2=C(C)[C@@H](O)CC2=O)[C@H]1C[C@@H](O)C(C)=O. The third-order valence-corrected chi connectivity index (χ3v) is 4.14. The molecule has 1 saturated heterocycles. The van der Waals surface area contributed by atoms with E-state index in [2.05, 4.69) is 6.58 Å². The number of esters is 1. The molecule has 0 radical (unpaired) electrons. The van der Waals surface area contributed by atoms with Gasteiger partial charge in [-0.3, -0.25) is 9.59 Å². The maximum absolute atomic E-state index is 12.0. The molecule has 0 aromatic carbocycles. The van der Waals surface area contributed by atoms with Gasteiger partial charge in [0.1, 0.15) is 12.2 Å². The summed E-state index contributed by atoms with van der Waals surface area (Å²) in [4.78, 5) is 34.9. The standard InChI is InChI=1S/C15H18O6/c1-6-9(4-11(18)8(3)16)14(21-15(6)20)13-7(2)10(17)5-12(13)19/h9-11,14,17-18H,1,4-5H2,2-3H3/t9-,10-,11+,14-/m0/s1. The van der Waals surface area contributed by atoms with Crippen LogP contribution in [0.5, 0.6) is 0 Å². The molecule has 0 bridgehead atoms. The van der Waals surface area contributed by atoms with Crippen molar-refractivity contribution in [2.45, 2.75) is 45.0 Å². The molecule has 1 heterocycles. The summed E-state index contributed by atoms with van der Waals surface area (Å²) in [5.74, 6) is -2.00. The lowest BCUT2D eigenvalue weighted by Gasteiger charge is -2.20. The van der Waals surface area contributed by atoms with Crippen molar-refractivity contribution in [3.8, 4) is 0 Å². The van der Waals surface area contributed by atoms with Crippen molar-refractivity contribution in [3.63, 3.8) is 0 Å². The number of Topliss-reactive ketones (excluding diaryl/α,β-unsaturated/α-hetero) is 2. The molecule has 2 rings (SSSR count). The third kappa shape index (κ3) is 2.69. The lowest BCUT2D eigenvalue weighted by molar-refractivity contribution is -0.138. The summed E-state index contributed by atoms with van der Waals surface area (Å²) in [5.41, 5.74) is 0.861. The van der Waals surface area contributed by atoms with E-state index in [4.69, 9.17) is 4.74 Å². The average molecular weight is 294 g/mol. The number of rotatable bonds is 4. The van der Waals surface area contributed by atoms with Gasteiger partial charge in [-0.15, -0.1) is 0 Å². The number of ketones is 2. The summed E-state index contributed by atoms with van der Waals surface area (Å²) in [6.07, 6.45) is -3.08. The Labute approximate surface area is 122 Å². The maximum Gasteiger partial charge on any atom is 0.334 e. The van der Waals surface area contributed by atoms with Crippen LogP contribution in [0.3, 0.4) is 0 Å². The van der Waals surface area contributed by atoms with Crippen molar-refractivity contribution in [2.75, 3.05) is 0 Å². The summed E-state index contributed by atoms with van der Waals surface area (Å²) in [7, 11) is 0. The molecule has 0 amide bonds. The highest BCUT2D eigenvalue weighted by atomic mass is 16.6. The zero-order valence-corrected chi connectivity index (χ0v) is 12.0. The highest BCUT2D eigenvalue weighted by Crippen LogP contribution is 2.39. The summed E-state index contributed by atoms with van der Waals surface area (Å²) in [6.45, 7) is 6.48. The van der Waals surface area contributed by atoms with Gasteiger partial charge in [0.05, 0.1) is 6.10 Å². The first kappa shape index (κ1) is 15.6. The van der Waals surface area contributed by atoms with Gasteiger partial charge >= 0.3 is 5.97 Å². The first-order chi connectivity index (χ1) is 9.73. The topological polar surface area (TPSA) is 101 Å².